The first-order valence-electron chi connectivity index (χ1n) is 13.3. The largest absolute Gasteiger partial charge is 0.507 e. The molecule has 0 aliphatic carbocycles. The number of amides is 1. The van der Waals surface area contributed by atoms with Crippen LogP contribution in [0.5, 0.6) is 5.75 Å². The van der Waals surface area contributed by atoms with Crippen molar-refractivity contribution in [2.75, 3.05) is 25.6 Å². The molecule has 0 spiro atoms. The Morgan fingerprint density at radius 1 is 1.00 bits per heavy atom. The number of nitrogens with zero attached hydrogens (tertiary/aromatic N) is 2. The lowest BCUT2D eigenvalue weighted by Gasteiger charge is -2.26. The number of carbonyl (C=O) groups is 2. The van der Waals surface area contributed by atoms with E-state index in [2.05, 4.69) is 20.8 Å². The van der Waals surface area contributed by atoms with Gasteiger partial charge in [-0.05, 0) is 71.8 Å². The van der Waals surface area contributed by atoms with Crippen LogP contribution in [0.3, 0.4) is 0 Å². The number of rotatable bonds is 7. The quantitative estimate of drug-likeness (QED) is 0.220. The van der Waals surface area contributed by atoms with E-state index in [1.54, 1.807) is 4.90 Å². The lowest BCUT2D eigenvalue weighted by Crippen LogP contribution is -2.29. The Morgan fingerprint density at radius 2 is 1.69 bits per heavy atom. The zero-order chi connectivity index (χ0) is 28.5. The van der Waals surface area contributed by atoms with Crippen molar-refractivity contribution in [2.45, 2.75) is 52.6 Å². The molecule has 0 radical (unpaired) electrons. The van der Waals surface area contributed by atoms with Gasteiger partial charge in [-0.25, -0.2) is 0 Å². The number of aliphatic hydroxyl groups is 1. The molecule has 3 aromatic carbocycles. The topological polar surface area (TPSA) is 70.1 Å². The van der Waals surface area contributed by atoms with Crippen LogP contribution in [0.1, 0.15) is 61.6 Å². The standard InChI is InChI=1S/C33H38N2O4/c1-8-39-26-11-9-10-22(18-26)20-35-29(23-13-16-25(17-14-23)34(6)7)28(31(37)32(35)38)30(36)27-19-24(33(3,4)5)15-12-21(27)2/h9-19,29,36H,8,20H2,1-7H3/b30-28+. The van der Waals surface area contributed by atoms with Crippen LogP contribution >= 0.6 is 0 Å². The van der Waals surface area contributed by atoms with Crippen LogP contribution in [0.4, 0.5) is 5.69 Å². The Hall–Kier alpha value is -4.06. The summed E-state index contributed by atoms with van der Waals surface area (Å²) in [6.45, 7) is 10.8. The van der Waals surface area contributed by atoms with Crippen molar-refractivity contribution in [2.24, 2.45) is 0 Å². The normalized spacial score (nSPS) is 17.0. The highest BCUT2D eigenvalue weighted by Crippen LogP contribution is 2.41. The molecule has 3 aromatic rings. The van der Waals surface area contributed by atoms with Gasteiger partial charge >= 0.3 is 0 Å². The van der Waals surface area contributed by atoms with Crippen LogP contribution in [0.25, 0.3) is 5.76 Å². The maximum Gasteiger partial charge on any atom is 0.295 e. The number of hydrogen-bond donors (Lipinski definition) is 1. The van der Waals surface area contributed by atoms with Gasteiger partial charge in [0.15, 0.2) is 0 Å². The molecule has 204 valence electrons. The first-order valence-corrected chi connectivity index (χ1v) is 13.3. The van der Waals surface area contributed by atoms with E-state index in [1.165, 1.54) is 0 Å². The van der Waals surface area contributed by atoms with Crippen LogP contribution in [0.15, 0.2) is 72.3 Å². The number of benzene rings is 3. The number of likely N-dealkylation sites (tertiary alicyclic amines) is 1. The van der Waals surface area contributed by atoms with Gasteiger partial charge in [0.25, 0.3) is 11.7 Å². The molecule has 1 heterocycles. The van der Waals surface area contributed by atoms with Gasteiger partial charge in [-0.2, -0.15) is 0 Å². The van der Waals surface area contributed by atoms with Crippen molar-refractivity contribution < 1.29 is 19.4 Å². The Labute approximate surface area is 231 Å². The number of ether oxygens (including phenoxy) is 1. The van der Waals surface area contributed by atoms with Crippen molar-refractivity contribution >= 4 is 23.1 Å². The predicted molar refractivity (Wildman–Crippen MR) is 156 cm³/mol. The minimum Gasteiger partial charge on any atom is -0.507 e. The lowest BCUT2D eigenvalue weighted by atomic mass is 9.84. The first kappa shape index (κ1) is 28.0. The summed E-state index contributed by atoms with van der Waals surface area (Å²) in [5.74, 6) is -0.766. The molecular weight excluding hydrogens is 488 g/mol. The van der Waals surface area contributed by atoms with Crippen LogP contribution in [0.2, 0.25) is 0 Å². The summed E-state index contributed by atoms with van der Waals surface area (Å²) >= 11 is 0. The van der Waals surface area contributed by atoms with Crippen molar-refractivity contribution in [1.29, 1.82) is 0 Å². The molecule has 0 saturated carbocycles. The molecule has 1 fully saturated rings. The van der Waals surface area contributed by atoms with E-state index in [9.17, 15) is 14.7 Å². The average Bonchev–Trinajstić information content (AvgIpc) is 3.13. The first-order chi connectivity index (χ1) is 18.4. The number of hydrogen-bond acceptors (Lipinski definition) is 5. The highest BCUT2D eigenvalue weighted by atomic mass is 16.5. The molecule has 6 nitrogen and oxygen atoms in total. The van der Waals surface area contributed by atoms with Crippen molar-refractivity contribution in [1.82, 2.24) is 4.90 Å². The van der Waals surface area contributed by atoms with Crippen molar-refractivity contribution in [3.8, 4) is 5.75 Å². The summed E-state index contributed by atoms with van der Waals surface area (Å²) < 4.78 is 5.65. The fourth-order valence-electron chi connectivity index (χ4n) is 4.93. The summed E-state index contributed by atoms with van der Waals surface area (Å²) in [6, 6.07) is 20.4. The zero-order valence-electron chi connectivity index (χ0n) is 23.9. The van der Waals surface area contributed by atoms with Crippen LogP contribution in [-0.2, 0) is 21.5 Å². The van der Waals surface area contributed by atoms with Gasteiger partial charge in [0, 0.05) is 31.9 Å². The number of aliphatic hydroxyl groups excluding tert-OH is 1. The fourth-order valence-corrected chi connectivity index (χ4v) is 4.93. The van der Waals surface area contributed by atoms with Crippen molar-refractivity contribution in [3.05, 3.63) is 100 Å². The Bertz CT molecular complexity index is 1410. The van der Waals surface area contributed by atoms with Crippen LogP contribution < -0.4 is 9.64 Å². The molecule has 1 atom stereocenters. The summed E-state index contributed by atoms with van der Waals surface area (Å²) in [5.41, 5.74) is 4.97. The molecule has 1 aliphatic rings. The molecule has 1 saturated heterocycles. The number of carbonyl (C=O) groups excluding carboxylic acids is 2. The van der Waals surface area contributed by atoms with Gasteiger partial charge in [-0.15, -0.1) is 0 Å². The summed E-state index contributed by atoms with van der Waals surface area (Å²) in [5, 5.41) is 11.7. The summed E-state index contributed by atoms with van der Waals surface area (Å²) in [6.07, 6.45) is 0. The third kappa shape index (κ3) is 5.70. The average molecular weight is 527 g/mol. The zero-order valence-corrected chi connectivity index (χ0v) is 23.9. The molecule has 1 aliphatic heterocycles. The maximum atomic E-state index is 13.6. The molecule has 1 unspecified atom stereocenters. The highest BCUT2D eigenvalue weighted by Gasteiger charge is 2.46. The molecule has 0 bridgehead atoms. The van der Waals surface area contributed by atoms with E-state index in [4.69, 9.17) is 4.74 Å². The SMILES string of the molecule is CCOc1cccc(CN2C(=O)C(=O)/C(=C(/O)c3cc(C(C)(C)C)ccc3C)C2c2ccc(N(C)C)cc2)c1. The number of aryl methyl sites for hydroxylation is 1. The summed E-state index contributed by atoms with van der Waals surface area (Å²) in [4.78, 5) is 30.7. The lowest BCUT2D eigenvalue weighted by molar-refractivity contribution is -0.140. The van der Waals surface area contributed by atoms with Gasteiger partial charge < -0.3 is 19.6 Å². The minimum absolute atomic E-state index is 0.104. The van der Waals surface area contributed by atoms with Crippen LogP contribution in [0, 0.1) is 6.92 Å². The van der Waals surface area contributed by atoms with Gasteiger partial charge in [-0.1, -0.05) is 57.2 Å². The third-order valence-corrected chi connectivity index (χ3v) is 7.19. The van der Waals surface area contributed by atoms with E-state index in [1.807, 2.05) is 99.6 Å². The van der Waals surface area contributed by atoms with E-state index < -0.39 is 17.7 Å². The second-order valence-electron chi connectivity index (χ2n) is 11.3. The minimum atomic E-state index is -0.741. The predicted octanol–water partition coefficient (Wildman–Crippen LogP) is 6.38. The molecule has 4 rings (SSSR count). The highest BCUT2D eigenvalue weighted by molar-refractivity contribution is 6.46. The molecule has 1 amide bonds. The van der Waals surface area contributed by atoms with Gasteiger partial charge in [0.1, 0.15) is 11.5 Å². The second-order valence-corrected chi connectivity index (χ2v) is 11.3. The monoisotopic (exact) mass is 526 g/mol. The van der Waals surface area contributed by atoms with Gasteiger partial charge in [-0.3, -0.25) is 9.59 Å². The van der Waals surface area contributed by atoms with Crippen LogP contribution in [-0.4, -0.2) is 42.4 Å². The maximum absolute atomic E-state index is 13.6. The molecule has 39 heavy (non-hydrogen) atoms. The Balaban J connectivity index is 1.88. The van der Waals surface area contributed by atoms with Gasteiger partial charge in [0.2, 0.25) is 0 Å². The number of anilines is 1. The third-order valence-electron chi connectivity index (χ3n) is 7.19. The fraction of sp³-hybridized carbons (Fsp3) is 0.333. The molecular formula is C33H38N2O4. The van der Waals surface area contributed by atoms with E-state index >= 15 is 0 Å². The summed E-state index contributed by atoms with van der Waals surface area (Å²) in [7, 11) is 3.91. The van der Waals surface area contributed by atoms with Gasteiger partial charge in [0.05, 0.1) is 18.2 Å². The van der Waals surface area contributed by atoms with Crippen molar-refractivity contribution in [3.63, 3.8) is 0 Å². The second kappa shape index (κ2) is 11.0. The smallest absolute Gasteiger partial charge is 0.295 e. The van der Waals surface area contributed by atoms with E-state index in [-0.39, 0.29) is 23.3 Å². The van der Waals surface area contributed by atoms with E-state index in [0.717, 1.165) is 27.9 Å². The Morgan fingerprint density at radius 3 is 2.31 bits per heavy atom. The molecule has 0 aromatic heterocycles. The number of Topliss-reactive ketones (excluding diaryl/α,β-unsaturated/α-hetero) is 1. The molecule has 1 N–H and O–H groups in total. The van der Waals surface area contributed by atoms with E-state index in [0.29, 0.717) is 17.9 Å². The Kier molecular flexibility index (Phi) is 7.86. The molecule has 6 heteroatoms. The number of ketones is 1.